The third-order valence-corrected chi connectivity index (χ3v) is 4.99. The van der Waals surface area contributed by atoms with Gasteiger partial charge in [-0.15, -0.1) is 0 Å². The normalized spacial score (nSPS) is 15.4. The van der Waals surface area contributed by atoms with Gasteiger partial charge in [0.15, 0.2) is 5.78 Å². The Bertz CT molecular complexity index is 946. The molecule has 26 heavy (non-hydrogen) atoms. The molecule has 6 nitrogen and oxygen atoms in total. The van der Waals surface area contributed by atoms with E-state index in [1.165, 1.54) is 0 Å². The first kappa shape index (κ1) is 16.4. The maximum atomic E-state index is 12.7. The first-order valence-electron chi connectivity index (χ1n) is 8.75. The maximum absolute atomic E-state index is 12.7. The van der Waals surface area contributed by atoms with E-state index < -0.39 is 5.60 Å². The molecule has 4 rings (SSSR count). The summed E-state index contributed by atoms with van der Waals surface area (Å²) in [4.78, 5) is 21.1. The average molecular weight is 349 g/mol. The second-order valence-corrected chi connectivity index (χ2v) is 6.46. The monoisotopic (exact) mass is 349 g/mol. The van der Waals surface area contributed by atoms with Gasteiger partial charge in [0.05, 0.1) is 12.0 Å². The highest BCUT2D eigenvalue weighted by Gasteiger charge is 2.37. The van der Waals surface area contributed by atoms with Gasteiger partial charge in [-0.25, -0.2) is 0 Å². The van der Waals surface area contributed by atoms with E-state index in [1.54, 1.807) is 18.5 Å². The number of benzene rings is 1. The molecule has 0 fully saturated rings. The van der Waals surface area contributed by atoms with Gasteiger partial charge in [0, 0.05) is 23.5 Å². The van der Waals surface area contributed by atoms with E-state index >= 15 is 0 Å². The van der Waals surface area contributed by atoms with E-state index in [1.807, 2.05) is 24.3 Å². The molecule has 132 valence electrons. The van der Waals surface area contributed by atoms with Gasteiger partial charge >= 0.3 is 0 Å². The topological polar surface area (TPSA) is 78.1 Å². The van der Waals surface area contributed by atoms with Crippen LogP contribution in [0.4, 0.5) is 0 Å². The summed E-state index contributed by atoms with van der Waals surface area (Å²) in [6.07, 6.45) is 5.34. The number of Topliss-reactive ketones (excluding diaryl/α,β-unsaturated/α-hetero) is 1. The Morgan fingerprint density at radius 2 is 1.85 bits per heavy atom. The maximum Gasteiger partial charge on any atom is 0.258 e. The van der Waals surface area contributed by atoms with Crippen LogP contribution in [0.1, 0.15) is 43.5 Å². The smallest absolute Gasteiger partial charge is 0.258 e. The van der Waals surface area contributed by atoms with E-state index in [-0.39, 0.29) is 5.78 Å². The molecule has 0 aliphatic carbocycles. The largest absolute Gasteiger partial charge is 0.486 e. The Balaban J connectivity index is 1.68. The minimum absolute atomic E-state index is 0.0886. The molecule has 0 saturated carbocycles. The first-order valence-corrected chi connectivity index (χ1v) is 8.75. The molecule has 2 aromatic heterocycles. The van der Waals surface area contributed by atoms with Gasteiger partial charge in [-0.2, -0.15) is 4.98 Å². The number of hydrogen-bond donors (Lipinski definition) is 0. The van der Waals surface area contributed by atoms with E-state index in [4.69, 9.17) is 9.26 Å². The van der Waals surface area contributed by atoms with Gasteiger partial charge < -0.3 is 9.26 Å². The fourth-order valence-corrected chi connectivity index (χ4v) is 3.23. The number of ketones is 1. The van der Waals surface area contributed by atoms with Gasteiger partial charge in [0.1, 0.15) is 11.4 Å². The standard InChI is InChI=1S/C20H19N3O3/c1-3-20(4-2)12-16(24)15-11-14(5-6-17(15)25-20)19-22-18(23-26-19)13-7-9-21-10-8-13/h5-11H,3-4,12H2,1-2H3. The molecule has 6 heteroatoms. The number of fused-ring (bicyclic) bond motifs is 1. The Hall–Kier alpha value is -3.02. The van der Waals surface area contributed by atoms with Gasteiger partial charge in [0.25, 0.3) is 5.89 Å². The van der Waals surface area contributed by atoms with Crippen LogP contribution in [0.25, 0.3) is 22.8 Å². The third kappa shape index (κ3) is 2.77. The number of carbonyl (C=O) groups is 1. The highest BCUT2D eigenvalue weighted by atomic mass is 16.5. The zero-order chi connectivity index (χ0) is 18.1. The van der Waals surface area contributed by atoms with Crippen LogP contribution in [-0.2, 0) is 0 Å². The van der Waals surface area contributed by atoms with E-state index in [2.05, 4.69) is 29.0 Å². The van der Waals surface area contributed by atoms with E-state index in [0.717, 1.165) is 18.4 Å². The summed E-state index contributed by atoms with van der Waals surface area (Å²) in [6, 6.07) is 9.06. The summed E-state index contributed by atoms with van der Waals surface area (Å²) in [5.41, 5.74) is 1.70. The molecule has 1 aromatic carbocycles. The second kappa shape index (κ2) is 6.37. The van der Waals surface area contributed by atoms with Crippen LogP contribution >= 0.6 is 0 Å². The van der Waals surface area contributed by atoms with Crippen molar-refractivity contribution in [3.05, 3.63) is 48.3 Å². The minimum Gasteiger partial charge on any atom is -0.486 e. The summed E-state index contributed by atoms with van der Waals surface area (Å²) < 4.78 is 11.5. The molecule has 3 aromatic rings. The molecule has 1 aliphatic rings. The van der Waals surface area contributed by atoms with Gasteiger partial charge in [-0.3, -0.25) is 9.78 Å². The van der Waals surface area contributed by atoms with Crippen molar-refractivity contribution in [3.63, 3.8) is 0 Å². The number of nitrogens with zero attached hydrogens (tertiary/aromatic N) is 3. The van der Waals surface area contributed by atoms with Gasteiger partial charge in [-0.1, -0.05) is 19.0 Å². The summed E-state index contributed by atoms with van der Waals surface area (Å²) in [5.74, 6) is 1.57. The zero-order valence-corrected chi connectivity index (χ0v) is 14.7. The lowest BCUT2D eigenvalue weighted by molar-refractivity contribution is 0.0350. The van der Waals surface area contributed by atoms with Crippen molar-refractivity contribution in [2.45, 2.75) is 38.7 Å². The van der Waals surface area contributed by atoms with Crippen molar-refractivity contribution in [2.75, 3.05) is 0 Å². The van der Waals surface area contributed by atoms with Gasteiger partial charge in [-0.05, 0) is 43.2 Å². The molecule has 0 radical (unpaired) electrons. The molecule has 0 bridgehead atoms. The summed E-state index contributed by atoms with van der Waals surface area (Å²) in [7, 11) is 0. The van der Waals surface area contributed by atoms with Crippen LogP contribution in [0, 0.1) is 0 Å². The van der Waals surface area contributed by atoms with Crippen molar-refractivity contribution in [3.8, 4) is 28.6 Å². The number of ether oxygens (including phenoxy) is 1. The Labute approximate surface area is 151 Å². The molecule has 0 amide bonds. The average Bonchev–Trinajstić information content (AvgIpc) is 3.18. The fraction of sp³-hybridized carbons (Fsp3) is 0.300. The van der Waals surface area contributed by atoms with Crippen LogP contribution in [0.15, 0.2) is 47.2 Å². The Morgan fingerprint density at radius 3 is 2.58 bits per heavy atom. The third-order valence-electron chi connectivity index (χ3n) is 4.99. The number of hydrogen-bond acceptors (Lipinski definition) is 6. The lowest BCUT2D eigenvalue weighted by atomic mass is 9.85. The van der Waals surface area contributed by atoms with Crippen molar-refractivity contribution in [1.82, 2.24) is 15.1 Å². The first-order chi connectivity index (χ1) is 12.6. The van der Waals surface area contributed by atoms with Crippen LogP contribution < -0.4 is 4.74 Å². The number of pyridine rings is 1. The number of aromatic nitrogens is 3. The van der Waals surface area contributed by atoms with Crippen molar-refractivity contribution >= 4 is 5.78 Å². The zero-order valence-electron chi connectivity index (χ0n) is 14.7. The molecular weight excluding hydrogens is 330 g/mol. The predicted molar refractivity (Wildman–Crippen MR) is 95.9 cm³/mol. The van der Waals surface area contributed by atoms with Crippen LogP contribution in [0.3, 0.4) is 0 Å². The Kier molecular flexibility index (Phi) is 4.03. The number of rotatable bonds is 4. The highest BCUT2D eigenvalue weighted by Crippen LogP contribution is 2.38. The lowest BCUT2D eigenvalue weighted by Crippen LogP contribution is -2.40. The molecule has 3 heterocycles. The van der Waals surface area contributed by atoms with Crippen LogP contribution in [-0.4, -0.2) is 26.5 Å². The molecule has 0 atom stereocenters. The fourth-order valence-electron chi connectivity index (χ4n) is 3.23. The molecule has 0 N–H and O–H groups in total. The van der Waals surface area contributed by atoms with Crippen LogP contribution in [0.5, 0.6) is 5.75 Å². The summed E-state index contributed by atoms with van der Waals surface area (Å²) in [6.45, 7) is 4.10. The minimum atomic E-state index is -0.398. The van der Waals surface area contributed by atoms with Crippen molar-refractivity contribution in [2.24, 2.45) is 0 Å². The lowest BCUT2D eigenvalue weighted by Gasteiger charge is -2.36. The van der Waals surface area contributed by atoms with Crippen molar-refractivity contribution in [1.29, 1.82) is 0 Å². The van der Waals surface area contributed by atoms with E-state index in [0.29, 0.717) is 35.0 Å². The second-order valence-electron chi connectivity index (χ2n) is 6.46. The van der Waals surface area contributed by atoms with E-state index in [9.17, 15) is 4.79 Å². The number of carbonyl (C=O) groups excluding carboxylic acids is 1. The molecule has 1 aliphatic heterocycles. The molecule has 0 saturated heterocycles. The molecular formula is C20H19N3O3. The molecule has 0 unspecified atom stereocenters. The predicted octanol–water partition coefficient (Wildman–Crippen LogP) is 4.32. The molecule has 0 spiro atoms. The quantitative estimate of drug-likeness (QED) is 0.698. The highest BCUT2D eigenvalue weighted by molar-refractivity contribution is 6.01. The summed E-state index contributed by atoms with van der Waals surface area (Å²) in [5, 5.41) is 4.01. The SMILES string of the molecule is CCC1(CC)CC(=O)c2cc(-c3nc(-c4ccncc4)no3)ccc2O1. The summed E-state index contributed by atoms with van der Waals surface area (Å²) >= 11 is 0. The Morgan fingerprint density at radius 1 is 1.08 bits per heavy atom. The van der Waals surface area contributed by atoms with Crippen LogP contribution in [0.2, 0.25) is 0 Å². The van der Waals surface area contributed by atoms with Gasteiger partial charge in [0.2, 0.25) is 5.82 Å². The van der Waals surface area contributed by atoms with Crippen molar-refractivity contribution < 1.29 is 14.1 Å².